The normalized spacial score (nSPS) is 11.8. The second-order valence-electron chi connectivity index (χ2n) is 15.9. The van der Waals surface area contributed by atoms with Crippen LogP contribution in [0.3, 0.4) is 0 Å². The van der Waals surface area contributed by atoms with Gasteiger partial charge in [-0.3, -0.25) is 0 Å². The number of nitrogens with zero attached hydrogens (tertiary/aromatic N) is 3. The van der Waals surface area contributed by atoms with Crippen LogP contribution in [0.2, 0.25) is 0 Å². The van der Waals surface area contributed by atoms with E-state index in [0.717, 1.165) is 67.3 Å². The summed E-state index contributed by atoms with van der Waals surface area (Å²) < 4.78 is 6.64. The fraction of sp³-hybridized carbons (Fsp3) is 0.0172. The lowest BCUT2D eigenvalue weighted by Crippen LogP contribution is -2.02. The third kappa shape index (κ3) is 6.12. The molecule has 0 spiro atoms. The number of rotatable bonds is 7. The molecule has 1 aliphatic carbocycles. The van der Waals surface area contributed by atoms with E-state index in [9.17, 15) is 0 Å². The highest BCUT2D eigenvalue weighted by atomic mass is 16.3. The molecule has 0 fully saturated rings. The summed E-state index contributed by atoms with van der Waals surface area (Å²) in [4.78, 5) is 15.7. The molecule has 9 aromatic carbocycles. The van der Waals surface area contributed by atoms with Crippen LogP contribution in [0.25, 0.3) is 112 Å². The van der Waals surface area contributed by atoms with Crippen LogP contribution in [-0.4, -0.2) is 15.0 Å². The SMILES string of the molecule is c1ccc(-c2ccc3c(c2)-c2c(cccc2-c2nc(-c4ccccc4)nc(-c4ccccc4-c4ccc(-c5cccc6c5oc5cccc(-c7ccccc7)c56)cc4)n2)C3)cc1. The number of aromatic nitrogens is 3. The molecule has 0 saturated heterocycles. The number of furan rings is 1. The second kappa shape index (κ2) is 14.8. The predicted molar refractivity (Wildman–Crippen MR) is 253 cm³/mol. The minimum absolute atomic E-state index is 0.628. The predicted octanol–water partition coefficient (Wildman–Crippen LogP) is 15.0. The Bertz CT molecular complexity index is 3470. The molecule has 290 valence electrons. The van der Waals surface area contributed by atoms with E-state index in [1.54, 1.807) is 0 Å². The van der Waals surface area contributed by atoms with Gasteiger partial charge in [0.15, 0.2) is 17.5 Å². The molecule has 0 unspecified atom stereocenters. The van der Waals surface area contributed by atoms with E-state index >= 15 is 0 Å². The molecule has 0 radical (unpaired) electrons. The highest BCUT2D eigenvalue weighted by Crippen LogP contribution is 2.45. The lowest BCUT2D eigenvalue weighted by molar-refractivity contribution is 0.670. The van der Waals surface area contributed by atoms with E-state index < -0.39 is 0 Å². The quantitative estimate of drug-likeness (QED) is 0.161. The van der Waals surface area contributed by atoms with Crippen LogP contribution in [0.5, 0.6) is 0 Å². The zero-order chi connectivity index (χ0) is 41.0. The molecular formula is C58H37N3O. The number of benzene rings is 9. The lowest BCUT2D eigenvalue weighted by Gasteiger charge is -2.14. The fourth-order valence-corrected chi connectivity index (χ4v) is 9.26. The smallest absolute Gasteiger partial charge is 0.164 e. The first-order valence-electron chi connectivity index (χ1n) is 21.1. The standard InChI is InChI=1S/C58H37N3O/c1-4-15-37(16-5-1)42-33-34-43-35-44-21-12-27-50(53(44)51(43)36-42)58-60-56(41-19-8-3-9-20-41)59-57(61-58)48-23-11-10-22-45(48)39-29-31-40(32-30-39)47-25-13-26-49-54-46(38-17-6-2-7-18-38)24-14-28-52(54)62-55(47)49/h1-34,36H,35H2. The van der Waals surface area contributed by atoms with Crippen molar-refractivity contribution in [3.05, 3.63) is 223 Å². The molecule has 0 aliphatic heterocycles. The van der Waals surface area contributed by atoms with Gasteiger partial charge in [0.2, 0.25) is 0 Å². The molecule has 0 saturated carbocycles. The van der Waals surface area contributed by atoms with Gasteiger partial charge >= 0.3 is 0 Å². The van der Waals surface area contributed by atoms with Gasteiger partial charge in [-0.25, -0.2) is 15.0 Å². The van der Waals surface area contributed by atoms with Crippen LogP contribution in [0.1, 0.15) is 11.1 Å². The maximum atomic E-state index is 6.64. The molecule has 11 aromatic rings. The van der Waals surface area contributed by atoms with Gasteiger partial charge in [0.1, 0.15) is 11.2 Å². The van der Waals surface area contributed by atoms with Crippen molar-refractivity contribution in [2.75, 3.05) is 0 Å². The Balaban J connectivity index is 0.962. The summed E-state index contributed by atoms with van der Waals surface area (Å²) in [6.07, 6.45) is 0.870. The molecule has 0 N–H and O–H groups in total. The minimum atomic E-state index is 0.628. The van der Waals surface area contributed by atoms with Gasteiger partial charge in [-0.2, -0.15) is 0 Å². The van der Waals surface area contributed by atoms with Gasteiger partial charge in [0.25, 0.3) is 0 Å². The van der Waals surface area contributed by atoms with Crippen LogP contribution in [-0.2, 0) is 6.42 Å². The molecule has 0 atom stereocenters. The maximum absolute atomic E-state index is 6.64. The van der Waals surface area contributed by atoms with Gasteiger partial charge in [0, 0.05) is 33.0 Å². The van der Waals surface area contributed by atoms with Crippen LogP contribution < -0.4 is 0 Å². The monoisotopic (exact) mass is 791 g/mol. The van der Waals surface area contributed by atoms with Gasteiger partial charge in [-0.15, -0.1) is 0 Å². The summed E-state index contributed by atoms with van der Waals surface area (Å²) in [6, 6.07) is 74.6. The Labute approximate surface area is 359 Å². The average molecular weight is 792 g/mol. The van der Waals surface area contributed by atoms with Crippen molar-refractivity contribution in [1.29, 1.82) is 0 Å². The molecule has 0 bridgehead atoms. The average Bonchev–Trinajstić information content (AvgIpc) is 3.93. The van der Waals surface area contributed by atoms with E-state index in [1.807, 2.05) is 18.2 Å². The summed E-state index contributed by atoms with van der Waals surface area (Å²) in [7, 11) is 0. The number of fused-ring (bicyclic) bond motifs is 6. The Hall–Kier alpha value is -8.21. The first-order chi connectivity index (χ1) is 30.7. The third-order valence-corrected chi connectivity index (χ3v) is 12.2. The van der Waals surface area contributed by atoms with Crippen molar-refractivity contribution in [3.8, 4) is 89.8 Å². The molecule has 0 amide bonds. The molecular weight excluding hydrogens is 755 g/mol. The van der Waals surface area contributed by atoms with Crippen molar-refractivity contribution >= 4 is 21.9 Å². The van der Waals surface area contributed by atoms with Crippen LogP contribution >= 0.6 is 0 Å². The Kier molecular flexibility index (Phi) is 8.53. The first kappa shape index (κ1) is 35.7. The molecule has 2 aromatic heterocycles. The summed E-state index contributed by atoms with van der Waals surface area (Å²) in [5, 5.41) is 2.24. The zero-order valence-corrected chi connectivity index (χ0v) is 33.7. The van der Waals surface area contributed by atoms with E-state index in [4.69, 9.17) is 19.4 Å². The zero-order valence-electron chi connectivity index (χ0n) is 33.7. The van der Waals surface area contributed by atoms with Crippen molar-refractivity contribution in [2.24, 2.45) is 0 Å². The highest BCUT2D eigenvalue weighted by molar-refractivity contribution is 6.15. The lowest BCUT2D eigenvalue weighted by atomic mass is 9.94. The molecule has 4 nitrogen and oxygen atoms in total. The minimum Gasteiger partial charge on any atom is -0.455 e. The Morgan fingerprint density at radius 3 is 1.61 bits per heavy atom. The Morgan fingerprint density at radius 2 is 0.855 bits per heavy atom. The van der Waals surface area contributed by atoms with Gasteiger partial charge in [0.05, 0.1) is 0 Å². The van der Waals surface area contributed by atoms with E-state index in [2.05, 4.69) is 194 Å². The van der Waals surface area contributed by atoms with Crippen LogP contribution in [0, 0.1) is 0 Å². The van der Waals surface area contributed by atoms with Gasteiger partial charge < -0.3 is 4.42 Å². The highest BCUT2D eigenvalue weighted by Gasteiger charge is 2.25. The fourth-order valence-electron chi connectivity index (χ4n) is 9.26. The van der Waals surface area contributed by atoms with E-state index in [0.29, 0.717) is 17.5 Å². The molecule has 62 heavy (non-hydrogen) atoms. The molecule has 4 heteroatoms. The summed E-state index contributed by atoms with van der Waals surface area (Å²) >= 11 is 0. The van der Waals surface area contributed by atoms with E-state index in [-0.39, 0.29) is 0 Å². The number of hydrogen-bond acceptors (Lipinski definition) is 4. The van der Waals surface area contributed by atoms with Crippen molar-refractivity contribution in [2.45, 2.75) is 6.42 Å². The summed E-state index contributed by atoms with van der Waals surface area (Å²) in [5.41, 5.74) is 18.6. The van der Waals surface area contributed by atoms with E-state index in [1.165, 1.54) is 44.5 Å². The topological polar surface area (TPSA) is 51.8 Å². The Morgan fingerprint density at radius 1 is 0.323 bits per heavy atom. The van der Waals surface area contributed by atoms with Crippen LogP contribution in [0.15, 0.2) is 217 Å². The third-order valence-electron chi connectivity index (χ3n) is 12.2. The number of hydrogen-bond donors (Lipinski definition) is 0. The van der Waals surface area contributed by atoms with Crippen molar-refractivity contribution < 1.29 is 4.42 Å². The maximum Gasteiger partial charge on any atom is 0.164 e. The summed E-state index contributed by atoms with van der Waals surface area (Å²) in [5.74, 6) is 1.92. The van der Waals surface area contributed by atoms with Crippen molar-refractivity contribution in [1.82, 2.24) is 15.0 Å². The largest absolute Gasteiger partial charge is 0.455 e. The molecule has 2 heterocycles. The van der Waals surface area contributed by atoms with Gasteiger partial charge in [-0.1, -0.05) is 200 Å². The summed E-state index contributed by atoms with van der Waals surface area (Å²) in [6.45, 7) is 0. The molecule has 12 rings (SSSR count). The van der Waals surface area contributed by atoms with Gasteiger partial charge in [-0.05, 0) is 79.8 Å². The number of para-hydroxylation sites is 1. The second-order valence-corrected chi connectivity index (χ2v) is 15.9. The molecule has 1 aliphatic rings. The first-order valence-corrected chi connectivity index (χ1v) is 21.1. The van der Waals surface area contributed by atoms with Crippen molar-refractivity contribution in [3.63, 3.8) is 0 Å². The van der Waals surface area contributed by atoms with Crippen LogP contribution in [0.4, 0.5) is 0 Å².